The molecule has 1 aromatic carbocycles. The van der Waals surface area contributed by atoms with Crippen molar-refractivity contribution in [2.45, 2.75) is 27.7 Å². The number of aryl methyl sites for hydroxylation is 1. The average Bonchev–Trinajstić information content (AvgIpc) is 3.06. The van der Waals surface area contributed by atoms with Crippen LogP contribution in [0.2, 0.25) is 0 Å². The van der Waals surface area contributed by atoms with Crippen LogP contribution >= 0.6 is 0 Å². The molecule has 0 amide bonds. The molecule has 2 heterocycles. The first-order chi connectivity index (χ1) is 12.2. The molecule has 0 fully saturated rings. The summed E-state index contributed by atoms with van der Waals surface area (Å²) in [5, 5.41) is 4.31. The van der Waals surface area contributed by atoms with E-state index in [2.05, 4.69) is 15.1 Å². The van der Waals surface area contributed by atoms with Crippen LogP contribution in [0.25, 0.3) is 17.2 Å². The van der Waals surface area contributed by atoms with Crippen molar-refractivity contribution in [1.29, 1.82) is 0 Å². The van der Waals surface area contributed by atoms with Gasteiger partial charge in [0.25, 0.3) is 5.95 Å². The molecule has 0 aliphatic rings. The van der Waals surface area contributed by atoms with E-state index in [1.807, 2.05) is 50.2 Å². The Bertz CT molecular complexity index is 828. The van der Waals surface area contributed by atoms with Crippen molar-refractivity contribution in [2.75, 3.05) is 6.61 Å². The number of hydrogen-bond donors (Lipinski definition) is 0. The molecule has 3 aromatic rings. The first-order valence-corrected chi connectivity index (χ1v) is 8.31. The van der Waals surface area contributed by atoms with E-state index in [9.17, 15) is 4.79 Å². The Morgan fingerprint density at radius 2 is 1.88 bits per heavy atom. The number of aromatic nitrogens is 4. The van der Waals surface area contributed by atoms with Gasteiger partial charge in [-0.25, -0.2) is 14.8 Å². The molecule has 0 spiro atoms. The highest BCUT2D eigenvalue weighted by Crippen LogP contribution is 2.18. The van der Waals surface area contributed by atoms with Crippen LogP contribution in [-0.4, -0.2) is 32.3 Å². The molecule has 25 heavy (non-hydrogen) atoms. The van der Waals surface area contributed by atoms with Gasteiger partial charge in [-0.15, -0.1) is 0 Å². The Labute approximate surface area is 147 Å². The molecule has 0 atom stereocenters. The number of esters is 1. The van der Waals surface area contributed by atoms with Gasteiger partial charge in [0.2, 0.25) is 0 Å². The third kappa shape index (κ3) is 4.29. The second-order valence-electron chi connectivity index (χ2n) is 4.91. The zero-order chi connectivity index (χ0) is 18.2. The molecular formula is C19H22N4O2. The maximum Gasteiger partial charge on any atom is 0.357 e. The molecule has 6 nitrogen and oxygen atoms in total. The number of benzene rings is 1. The Hall–Kier alpha value is -3.02. The van der Waals surface area contributed by atoms with E-state index >= 15 is 0 Å². The quantitative estimate of drug-likeness (QED) is 0.676. The summed E-state index contributed by atoms with van der Waals surface area (Å²) in [6, 6.07) is 13.2. The lowest BCUT2D eigenvalue weighted by molar-refractivity contribution is 0.0515. The molecule has 6 heteroatoms. The highest BCUT2D eigenvalue weighted by Gasteiger charge is 2.18. The lowest BCUT2D eigenvalue weighted by Gasteiger charge is -2.07. The van der Waals surface area contributed by atoms with Crippen molar-refractivity contribution in [3.8, 4) is 17.2 Å². The monoisotopic (exact) mass is 338 g/mol. The van der Waals surface area contributed by atoms with E-state index in [0.29, 0.717) is 23.9 Å². The van der Waals surface area contributed by atoms with Gasteiger partial charge in [-0.2, -0.15) is 9.78 Å². The van der Waals surface area contributed by atoms with Crippen LogP contribution in [0.5, 0.6) is 0 Å². The van der Waals surface area contributed by atoms with Crippen LogP contribution in [-0.2, 0) is 4.74 Å². The molecule has 3 rings (SSSR count). The van der Waals surface area contributed by atoms with Gasteiger partial charge in [0.1, 0.15) is 0 Å². The van der Waals surface area contributed by atoms with Gasteiger partial charge in [0.05, 0.1) is 18.0 Å². The van der Waals surface area contributed by atoms with E-state index in [-0.39, 0.29) is 0 Å². The first-order valence-electron chi connectivity index (χ1n) is 8.31. The summed E-state index contributed by atoms with van der Waals surface area (Å²) in [5.74, 6) is -0.107. The molecule has 0 radical (unpaired) electrons. The number of rotatable bonds is 4. The Morgan fingerprint density at radius 1 is 1.16 bits per heavy atom. The van der Waals surface area contributed by atoms with Crippen molar-refractivity contribution in [3.05, 3.63) is 60.0 Å². The molecule has 0 saturated heterocycles. The van der Waals surface area contributed by atoms with E-state index < -0.39 is 5.97 Å². The summed E-state index contributed by atoms with van der Waals surface area (Å²) in [6.45, 7) is 7.87. The molecule has 0 aliphatic heterocycles. The maximum atomic E-state index is 12.1. The normalized spacial score (nSPS) is 9.92. The maximum absolute atomic E-state index is 12.1. The second kappa shape index (κ2) is 8.73. The smallest absolute Gasteiger partial charge is 0.357 e. The van der Waals surface area contributed by atoms with Gasteiger partial charge in [-0.05, 0) is 26.0 Å². The van der Waals surface area contributed by atoms with E-state index in [1.54, 1.807) is 26.1 Å². The summed E-state index contributed by atoms with van der Waals surface area (Å²) in [5.41, 5.74) is 2.74. The Kier molecular flexibility index (Phi) is 6.39. The first kappa shape index (κ1) is 18.3. The van der Waals surface area contributed by atoms with Crippen LogP contribution in [0, 0.1) is 6.92 Å². The molecule has 0 aliphatic carbocycles. The van der Waals surface area contributed by atoms with Gasteiger partial charge < -0.3 is 4.74 Å². The van der Waals surface area contributed by atoms with E-state index in [1.165, 1.54) is 4.68 Å². The number of nitrogens with zero attached hydrogens (tertiary/aromatic N) is 4. The number of hydrogen-bond acceptors (Lipinski definition) is 5. The van der Waals surface area contributed by atoms with Crippen molar-refractivity contribution in [3.63, 3.8) is 0 Å². The topological polar surface area (TPSA) is 69.9 Å². The van der Waals surface area contributed by atoms with E-state index in [4.69, 9.17) is 4.74 Å². The number of ether oxygens (including phenoxy) is 1. The third-order valence-electron chi connectivity index (χ3n) is 3.22. The minimum Gasteiger partial charge on any atom is -0.461 e. The summed E-state index contributed by atoms with van der Waals surface area (Å²) < 4.78 is 6.48. The third-order valence-corrected chi connectivity index (χ3v) is 3.22. The van der Waals surface area contributed by atoms with Crippen LogP contribution in [0.15, 0.2) is 48.7 Å². The zero-order valence-electron chi connectivity index (χ0n) is 14.9. The highest BCUT2D eigenvalue weighted by molar-refractivity contribution is 5.88. The minimum absolute atomic E-state index is 0.300. The summed E-state index contributed by atoms with van der Waals surface area (Å²) in [6.07, 6.45) is 1.65. The molecule has 0 unspecified atom stereocenters. The molecule has 0 bridgehead atoms. The number of carbonyl (C=O) groups excluding carboxylic acids is 1. The summed E-state index contributed by atoms with van der Waals surface area (Å²) >= 11 is 0. The fourth-order valence-corrected chi connectivity index (χ4v) is 2.22. The predicted molar refractivity (Wildman–Crippen MR) is 96.6 cm³/mol. The Morgan fingerprint density at radius 3 is 2.56 bits per heavy atom. The zero-order valence-corrected chi connectivity index (χ0v) is 14.9. The molecule has 2 aromatic heterocycles. The van der Waals surface area contributed by atoms with Gasteiger partial charge in [0.15, 0.2) is 5.69 Å². The second-order valence-corrected chi connectivity index (χ2v) is 4.91. The van der Waals surface area contributed by atoms with Crippen LogP contribution in [0.1, 0.15) is 37.0 Å². The van der Waals surface area contributed by atoms with Crippen molar-refractivity contribution < 1.29 is 9.53 Å². The van der Waals surface area contributed by atoms with Crippen LogP contribution < -0.4 is 0 Å². The van der Waals surface area contributed by atoms with Crippen molar-refractivity contribution in [2.24, 2.45) is 0 Å². The van der Waals surface area contributed by atoms with Gasteiger partial charge in [-0.3, -0.25) is 0 Å². The fraction of sp³-hybridized carbons (Fsp3) is 0.263. The minimum atomic E-state index is -0.443. The van der Waals surface area contributed by atoms with Crippen LogP contribution in [0.4, 0.5) is 0 Å². The highest BCUT2D eigenvalue weighted by atomic mass is 16.5. The van der Waals surface area contributed by atoms with Gasteiger partial charge in [0, 0.05) is 11.8 Å². The van der Waals surface area contributed by atoms with Gasteiger partial charge in [-0.1, -0.05) is 44.2 Å². The molecule has 130 valence electrons. The van der Waals surface area contributed by atoms with Crippen molar-refractivity contribution >= 4 is 5.97 Å². The molecule has 0 N–H and O–H groups in total. The predicted octanol–water partition coefficient (Wildman–Crippen LogP) is 3.84. The summed E-state index contributed by atoms with van der Waals surface area (Å²) in [4.78, 5) is 20.8. The van der Waals surface area contributed by atoms with Crippen molar-refractivity contribution in [1.82, 2.24) is 19.7 Å². The fourth-order valence-electron chi connectivity index (χ4n) is 2.22. The van der Waals surface area contributed by atoms with E-state index in [0.717, 1.165) is 11.3 Å². The molecular weight excluding hydrogens is 316 g/mol. The largest absolute Gasteiger partial charge is 0.461 e. The lowest BCUT2D eigenvalue weighted by atomic mass is 10.1. The van der Waals surface area contributed by atoms with Gasteiger partial charge >= 0.3 is 5.97 Å². The Balaban J connectivity index is 0.00000109. The summed E-state index contributed by atoms with van der Waals surface area (Å²) in [7, 11) is 0. The standard InChI is InChI=1S/C17H16N4O2.C2H6/c1-3-23-16(22)15-11-12(2)20-21(15)17-18-10-9-14(19-17)13-7-5-4-6-8-13;1-2/h4-11H,3H2,1-2H3;1-2H3. The lowest BCUT2D eigenvalue weighted by Crippen LogP contribution is -2.14. The number of carbonyl (C=O) groups is 1. The average molecular weight is 338 g/mol. The SMILES string of the molecule is CC.CCOC(=O)c1cc(C)nn1-c1nccc(-c2ccccc2)n1. The molecule has 0 saturated carbocycles. The van der Waals surface area contributed by atoms with Crippen LogP contribution in [0.3, 0.4) is 0 Å².